The van der Waals surface area contributed by atoms with E-state index in [0.29, 0.717) is 36.8 Å². The number of carbonyl (C=O) groups excluding carboxylic acids is 2. The zero-order chi connectivity index (χ0) is 26.1. The van der Waals surface area contributed by atoms with Crippen LogP contribution in [0.2, 0.25) is 0 Å². The Morgan fingerprint density at radius 2 is 1.81 bits per heavy atom. The second-order valence-electron chi connectivity index (χ2n) is 8.41. The van der Waals surface area contributed by atoms with Crippen molar-refractivity contribution < 1.29 is 27.5 Å². The standard InChI is InChI=1S/C25H32N4O6S/c1-4-34-23-15-19(11-12-22(23)35-18-24(30)28(2)3)17-26-27-25(31)20-9-8-10-21(16-20)36(32,33)29-13-6-5-7-14-29/h8-12,15-17H,4-7,13-14,18H2,1-3H3,(H,27,31)/b26-17-. The number of hydrogen-bond acceptors (Lipinski definition) is 7. The Labute approximate surface area is 211 Å². The summed E-state index contributed by atoms with van der Waals surface area (Å²) in [5.74, 6) is 0.141. The summed E-state index contributed by atoms with van der Waals surface area (Å²) >= 11 is 0. The van der Waals surface area contributed by atoms with Gasteiger partial charge in [-0.1, -0.05) is 12.5 Å². The average molecular weight is 517 g/mol. The predicted molar refractivity (Wildman–Crippen MR) is 136 cm³/mol. The molecular formula is C25H32N4O6S. The van der Waals surface area contributed by atoms with Crippen LogP contribution in [-0.4, -0.2) is 76.1 Å². The first-order valence-corrected chi connectivity index (χ1v) is 13.2. The van der Waals surface area contributed by atoms with Gasteiger partial charge >= 0.3 is 0 Å². The van der Waals surface area contributed by atoms with E-state index in [2.05, 4.69) is 10.5 Å². The van der Waals surface area contributed by atoms with E-state index in [4.69, 9.17) is 9.47 Å². The highest BCUT2D eigenvalue weighted by Gasteiger charge is 2.26. The number of carbonyl (C=O) groups is 2. The Morgan fingerprint density at radius 1 is 1.06 bits per heavy atom. The minimum absolute atomic E-state index is 0.0886. The van der Waals surface area contributed by atoms with Crippen molar-refractivity contribution in [3.8, 4) is 11.5 Å². The van der Waals surface area contributed by atoms with Gasteiger partial charge in [-0.2, -0.15) is 9.41 Å². The molecule has 0 unspecified atom stereocenters. The normalized spacial score (nSPS) is 14.4. The lowest BCUT2D eigenvalue weighted by atomic mass is 10.2. The van der Waals surface area contributed by atoms with Crippen LogP contribution in [0.3, 0.4) is 0 Å². The zero-order valence-corrected chi connectivity index (χ0v) is 21.6. The maximum atomic E-state index is 12.9. The van der Waals surface area contributed by atoms with Crippen molar-refractivity contribution in [2.24, 2.45) is 5.10 Å². The van der Waals surface area contributed by atoms with Gasteiger partial charge < -0.3 is 14.4 Å². The molecule has 194 valence electrons. The second kappa shape index (κ2) is 12.5. The van der Waals surface area contributed by atoms with Crippen molar-refractivity contribution in [2.75, 3.05) is 40.4 Å². The van der Waals surface area contributed by atoms with Gasteiger partial charge in [0, 0.05) is 32.7 Å². The van der Waals surface area contributed by atoms with Crippen LogP contribution < -0.4 is 14.9 Å². The molecule has 0 bridgehead atoms. The Morgan fingerprint density at radius 3 is 2.50 bits per heavy atom. The summed E-state index contributed by atoms with van der Waals surface area (Å²) in [6, 6.07) is 11.0. The molecule has 11 heteroatoms. The smallest absolute Gasteiger partial charge is 0.271 e. The molecule has 0 atom stereocenters. The van der Waals surface area contributed by atoms with Gasteiger partial charge in [-0.05, 0) is 61.7 Å². The third-order valence-corrected chi connectivity index (χ3v) is 7.44. The van der Waals surface area contributed by atoms with Crippen molar-refractivity contribution in [2.45, 2.75) is 31.1 Å². The van der Waals surface area contributed by atoms with Gasteiger partial charge in [-0.15, -0.1) is 0 Å². The van der Waals surface area contributed by atoms with Gasteiger partial charge in [0.25, 0.3) is 11.8 Å². The average Bonchev–Trinajstić information content (AvgIpc) is 2.88. The highest BCUT2D eigenvalue weighted by Crippen LogP contribution is 2.28. The number of rotatable bonds is 10. The summed E-state index contributed by atoms with van der Waals surface area (Å²) in [6.45, 7) is 3.08. The van der Waals surface area contributed by atoms with Crippen molar-refractivity contribution in [3.63, 3.8) is 0 Å². The summed E-state index contributed by atoms with van der Waals surface area (Å²) in [5.41, 5.74) is 3.24. The molecule has 0 radical (unpaired) electrons. The molecule has 36 heavy (non-hydrogen) atoms. The first-order valence-electron chi connectivity index (χ1n) is 11.8. The van der Waals surface area contributed by atoms with E-state index in [9.17, 15) is 18.0 Å². The molecule has 2 aromatic carbocycles. The molecule has 0 aliphatic carbocycles. The van der Waals surface area contributed by atoms with Crippen LogP contribution in [0.5, 0.6) is 11.5 Å². The molecule has 2 amide bonds. The van der Waals surface area contributed by atoms with E-state index in [-0.39, 0.29) is 23.0 Å². The van der Waals surface area contributed by atoms with E-state index in [0.717, 1.165) is 19.3 Å². The lowest BCUT2D eigenvalue weighted by Crippen LogP contribution is -2.35. The third-order valence-electron chi connectivity index (χ3n) is 5.55. The van der Waals surface area contributed by atoms with Gasteiger partial charge in [-0.3, -0.25) is 9.59 Å². The molecule has 2 aromatic rings. The summed E-state index contributed by atoms with van der Waals surface area (Å²) in [5, 5.41) is 3.99. The number of ether oxygens (including phenoxy) is 2. The number of amides is 2. The lowest BCUT2D eigenvalue weighted by Gasteiger charge is -2.25. The second-order valence-corrected chi connectivity index (χ2v) is 10.3. The van der Waals surface area contributed by atoms with Crippen LogP contribution in [0.4, 0.5) is 0 Å². The number of sulfonamides is 1. The predicted octanol–water partition coefficient (Wildman–Crippen LogP) is 2.49. The van der Waals surface area contributed by atoms with E-state index in [1.54, 1.807) is 38.4 Å². The molecule has 0 saturated carbocycles. The number of nitrogens with one attached hydrogen (secondary N) is 1. The highest BCUT2D eigenvalue weighted by molar-refractivity contribution is 7.89. The van der Waals surface area contributed by atoms with Crippen molar-refractivity contribution >= 4 is 28.1 Å². The molecule has 1 N–H and O–H groups in total. The number of piperidine rings is 1. The van der Waals surface area contributed by atoms with Crippen molar-refractivity contribution in [3.05, 3.63) is 53.6 Å². The quantitative estimate of drug-likeness (QED) is 0.383. The fraction of sp³-hybridized carbons (Fsp3) is 0.400. The molecule has 1 aliphatic heterocycles. The number of benzene rings is 2. The number of nitrogens with zero attached hydrogens (tertiary/aromatic N) is 3. The maximum absolute atomic E-state index is 12.9. The van der Waals surface area contributed by atoms with Gasteiger partial charge in [0.15, 0.2) is 18.1 Å². The van der Waals surface area contributed by atoms with Crippen LogP contribution in [-0.2, 0) is 14.8 Å². The summed E-state index contributed by atoms with van der Waals surface area (Å²) in [6.07, 6.45) is 4.12. The molecule has 1 aliphatic rings. The van der Waals surface area contributed by atoms with Gasteiger partial charge in [0.05, 0.1) is 17.7 Å². The van der Waals surface area contributed by atoms with Crippen LogP contribution in [0.25, 0.3) is 0 Å². The van der Waals surface area contributed by atoms with E-state index >= 15 is 0 Å². The maximum Gasteiger partial charge on any atom is 0.271 e. The molecule has 10 nitrogen and oxygen atoms in total. The Balaban J connectivity index is 1.67. The summed E-state index contributed by atoms with van der Waals surface area (Å²) < 4.78 is 38.5. The number of hydrogen-bond donors (Lipinski definition) is 1. The SMILES string of the molecule is CCOc1cc(/C=N\NC(=O)c2cccc(S(=O)(=O)N3CCCCC3)c2)ccc1OCC(=O)N(C)C. The molecule has 1 heterocycles. The fourth-order valence-electron chi connectivity index (χ4n) is 3.54. The molecule has 0 aromatic heterocycles. The van der Waals surface area contributed by atoms with Crippen LogP contribution in [0, 0.1) is 0 Å². The zero-order valence-electron chi connectivity index (χ0n) is 20.8. The summed E-state index contributed by atoms with van der Waals surface area (Å²) in [7, 11) is -0.354. The fourth-order valence-corrected chi connectivity index (χ4v) is 5.11. The van der Waals surface area contributed by atoms with Gasteiger partial charge in [0.1, 0.15) is 0 Å². The first-order chi connectivity index (χ1) is 17.2. The first kappa shape index (κ1) is 27.2. The van der Waals surface area contributed by atoms with Gasteiger partial charge in [-0.25, -0.2) is 13.8 Å². The van der Waals surface area contributed by atoms with Crippen LogP contribution in [0.1, 0.15) is 42.1 Å². The van der Waals surface area contributed by atoms with Gasteiger partial charge in [0.2, 0.25) is 10.0 Å². The van der Waals surface area contributed by atoms with E-state index < -0.39 is 15.9 Å². The van der Waals surface area contributed by atoms with Crippen LogP contribution in [0.15, 0.2) is 52.5 Å². The number of hydrazone groups is 1. The van der Waals surface area contributed by atoms with Crippen molar-refractivity contribution in [1.82, 2.24) is 14.6 Å². The Bertz CT molecular complexity index is 1210. The molecule has 1 saturated heterocycles. The monoisotopic (exact) mass is 516 g/mol. The minimum atomic E-state index is -3.65. The largest absolute Gasteiger partial charge is 0.490 e. The molecule has 3 rings (SSSR count). The highest BCUT2D eigenvalue weighted by atomic mass is 32.2. The molecular weight excluding hydrogens is 484 g/mol. The third kappa shape index (κ3) is 7.05. The van der Waals surface area contributed by atoms with E-state index in [1.165, 1.54) is 33.6 Å². The molecule has 0 spiro atoms. The summed E-state index contributed by atoms with van der Waals surface area (Å²) in [4.78, 5) is 25.9. The topological polar surface area (TPSA) is 118 Å². The molecule has 1 fully saturated rings. The Kier molecular flexibility index (Phi) is 9.43. The lowest BCUT2D eigenvalue weighted by molar-refractivity contribution is -0.130. The van der Waals surface area contributed by atoms with E-state index in [1.807, 2.05) is 6.92 Å². The Hall–Kier alpha value is -3.44. The van der Waals surface area contributed by atoms with Crippen LogP contribution >= 0.6 is 0 Å². The number of likely N-dealkylation sites (N-methyl/N-ethyl adjacent to an activating group) is 1. The van der Waals surface area contributed by atoms with Crippen molar-refractivity contribution in [1.29, 1.82) is 0 Å². The minimum Gasteiger partial charge on any atom is -0.490 e.